The van der Waals surface area contributed by atoms with Crippen LogP contribution in [0.3, 0.4) is 0 Å². The fourth-order valence-electron chi connectivity index (χ4n) is 2.64. The Morgan fingerprint density at radius 1 is 1.29 bits per heavy atom. The molecule has 6 nitrogen and oxygen atoms in total. The van der Waals surface area contributed by atoms with Crippen molar-refractivity contribution >= 4 is 11.8 Å². The van der Waals surface area contributed by atoms with Gasteiger partial charge in [0, 0.05) is 19.5 Å². The Morgan fingerprint density at radius 2 is 2.00 bits per heavy atom. The van der Waals surface area contributed by atoms with Crippen molar-refractivity contribution in [3.63, 3.8) is 0 Å². The molecule has 1 fully saturated rings. The van der Waals surface area contributed by atoms with E-state index in [1.165, 1.54) is 4.68 Å². The summed E-state index contributed by atoms with van der Waals surface area (Å²) < 4.78 is 1.53. The van der Waals surface area contributed by atoms with Crippen molar-refractivity contribution < 1.29 is 9.59 Å². The lowest BCUT2D eigenvalue weighted by Crippen LogP contribution is -2.49. The van der Waals surface area contributed by atoms with Crippen LogP contribution in [0.2, 0.25) is 0 Å². The van der Waals surface area contributed by atoms with Crippen LogP contribution in [0.5, 0.6) is 0 Å². The summed E-state index contributed by atoms with van der Waals surface area (Å²) in [5, 5.41) is 10.0. The number of aromatic nitrogens is 2. The van der Waals surface area contributed by atoms with Crippen LogP contribution in [0, 0.1) is 6.92 Å². The molecule has 2 N–H and O–H groups in total. The maximum atomic E-state index is 12.5. The Balaban J connectivity index is 1.74. The van der Waals surface area contributed by atoms with E-state index in [-0.39, 0.29) is 17.9 Å². The first kappa shape index (κ1) is 16.2. The largest absolute Gasteiger partial charge is 0.352 e. The van der Waals surface area contributed by atoms with Crippen LogP contribution < -0.4 is 10.6 Å². The van der Waals surface area contributed by atoms with E-state index < -0.39 is 6.04 Å². The topological polar surface area (TPSA) is 76.0 Å². The Bertz CT molecular complexity index is 735. The Morgan fingerprint density at radius 3 is 2.58 bits per heavy atom. The Labute approximate surface area is 141 Å². The third-order valence-electron chi connectivity index (χ3n) is 4.06. The van der Waals surface area contributed by atoms with E-state index in [9.17, 15) is 9.59 Å². The predicted molar refractivity (Wildman–Crippen MR) is 90.5 cm³/mol. The lowest BCUT2D eigenvalue weighted by atomic mass is 10.0. The standard InChI is InChI=1S/C18H22N4O2/c1-12-10-16(22(2)21-12)18(24)20-15(17(23)19-14-8-9-14)11-13-6-4-3-5-7-13/h3-7,10,14-15H,8-9,11H2,1-2H3,(H,19,23)(H,20,24). The molecule has 24 heavy (non-hydrogen) atoms. The average Bonchev–Trinajstić information content (AvgIpc) is 3.30. The number of hydrogen-bond donors (Lipinski definition) is 2. The zero-order chi connectivity index (χ0) is 17.1. The van der Waals surface area contributed by atoms with Gasteiger partial charge in [0.15, 0.2) is 0 Å². The molecule has 1 aromatic carbocycles. The summed E-state index contributed by atoms with van der Waals surface area (Å²) >= 11 is 0. The molecule has 2 amide bonds. The van der Waals surface area contributed by atoms with Gasteiger partial charge < -0.3 is 10.6 Å². The second kappa shape index (κ2) is 6.86. The summed E-state index contributed by atoms with van der Waals surface area (Å²) in [4.78, 5) is 25.0. The first-order valence-electron chi connectivity index (χ1n) is 8.19. The van der Waals surface area contributed by atoms with Gasteiger partial charge in [-0.05, 0) is 31.4 Å². The van der Waals surface area contributed by atoms with Crippen LogP contribution >= 0.6 is 0 Å². The van der Waals surface area contributed by atoms with Gasteiger partial charge in [0.1, 0.15) is 11.7 Å². The Hall–Kier alpha value is -2.63. The summed E-state index contributed by atoms with van der Waals surface area (Å²) in [6.45, 7) is 1.83. The minimum atomic E-state index is -0.601. The molecule has 1 saturated carbocycles. The number of nitrogens with one attached hydrogen (secondary N) is 2. The molecule has 0 radical (unpaired) electrons. The molecule has 6 heteroatoms. The maximum Gasteiger partial charge on any atom is 0.270 e. The molecule has 1 unspecified atom stereocenters. The van der Waals surface area contributed by atoms with Crippen LogP contribution in [0.15, 0.2) is 36.4 Å². The monoisotopic (exact) mass is 326 g/mol. The zero-order valence-electron chi connectivity index (χ0n) is 14.0. The highest BCUT2D eigenvalue weighted by molar-refractivity contribution is 5.96. The van der Waals surface area contributed by atoms with Gasteiger partial charge in [-0.15, -0.1) is 0 Å². The minimum absolute atomic E-state index is 0.131. The van der Waals surface area contributed by atoms with E-state index in [0.717, 1.165) is 24.1 Å². The van der Waals surface area contributed by atoms with Crippen molar-refractivity contribution in [1.29, 1.82) is 0 Å². The second-order valence-corrected chi connectivity index (χ2v) is 6.29. The minimum Gasteiger partial charge on any atom is -0.352 e. The van der Waals surface area contributed by atoms with Crippen molar-refractivity contribution in [2.75, 3.05) is 0 Å². The fourth-order valence-corrected chi connectivity index (χ4v) is 2.64. The Kier molecular flexibility index (Phi) is 4.64. The second-order valence-electron chi connectivity index (χ2n) is 6.29. The smallest absolute Gasteiger partial charge is 0.270 e. The summed E-state index contributed by atoms with van der Waals surface area (Å²) in [7, 11) is 1.72. The molecule has 0 bridgehead atoms. The molecule has 3 rings (SSSR count). The SMILES string of the molecule is Cc1cc(C(=O)NC(Cc2ccccc2)C(=O)NC2CC2)n(C)n1. The van der Waals surface area contributed by atoms with E-state index >= 15 is 0 Å². The summed E-state index contributed by atoms with van der Waals surface area (Å²) in [5.74, 6) is -0.418. The van der Waals surface area contributed by atoms with Crippen molar-refractivity contribution in [1.82, 2.24) is 20.4 Å². The van der Waals surface area contributed by atoms with E-state index in [1.807, 2.05) is 37.3 Å². The number of carbonyl (C=O) groups excluding carboxylic acids is 2. The lowest BCUT2D eigenvalue weighted by molar-refractivity contribution is -0.123. The highest BCUT2D eigenvalue weighted by Crippen LogP contribution is 2.19. The molecular formula is C18H22N4O2. The van der Waals surface area contributed by atoms with Crippen LogP contribution in [0.4, 0.5) is 0 Å². The number of carbonyl (C=O) groups is 2. The lowest BCUT2D eigenvalue weighted by Gasteiger charge is -2.18. The molecule has 0 aliphatic heterocycles. The molecular weight excluding hydrogens is 304 g/mol. The number of aryl methyl sites for hydroxylation is 2. The van der Waals surface area contributed by atoms with Crippen LogP contribution in [0.25, 0.3) is 0 Å². The predicted octanol–water partition coefficient (Wildman–Crippen LogP) is 1.35. The van der Waals surface area contributed by atoms with Crippen molar-refractivity contribution in [2.24, 2.45) is 7.05 Å². The fraction of sp³-hybridized carbons (Fsp3) is 0.389. The average molecular weight is 326 g/mol. The number of hydrogen-bond acceptors (Lipinski definition) is 3. The van der Waals surface area contributed by atoms with Gasteiger partial charge >= 0.3 is 0 Å². The number of rotatable bonds is 6. The summed E-state index contributed by atoms with van der Waals surface area (Å²) in [5.41, 5.74) is 2.23. The van der Waals surface area contributed by atoms with Crippen LogP contribution in [0.1, 0.15) is 34.6 Å². The van der Waals surface area contributed by atoms with E-state index in [0.29, 0.717) is 12.1 Å². The molecule has 2 aromatic rings. The number of amides is 2. The molecule has 0 saturated heterocycles. The van der Waals surface area contributed by atoms with E-state index in [1.54, 1.807) is 13.1 Å². The van der Waals surface area contributed by atoms with Gasteiger partial charge in [-0.25, -0.2) is 0 Å². The van der Waals surface area contributed by atoms with Gasteiger partial charge in [-0.2, -0.15) is 5.10 Å². The van der Waals surface area contributed by atoms with Crippen molar-refractivity contribution in [3.05, 3.63) is 53.3 Å². The molecule has 126 valence electrons. The number of benzene rings is 1. The first-order valence-corrected chi connectivity index (χ1v) is 8.19. The highest BCUT2D eigenvalue weighted by Gasteiger charge is 2.29. The zero-order valence-corrected chi connectivity index (χ0v) is 14.0. The van der Waals surface area contributed by atoms with Gasteiger partial charge in [-0.3, -0.25) is 14.3 Å². The van der Waals surface area contributed by atoms with Crippen LogP contribution in [-0.4, -0.2) is 33.7 Å². The first-order chi connectivity index (χ1) is 11.5. The maximum absolute atomic E-state index is 12.5. The van der Waals surface area contributed by atoms with Crippen LogP contribution in [-0.2, 0) is 18.3 Å². The molecule has 1 aliphatic rings. The quantitative estimate of drug-likeness (QED) is 0.841. The van der Waals surface area contributed by atoms with Crippen molar-refractivity contribution in [3.8, 4) is 0 Å². The van der Waals surface area contributed by atoms with Crippen molar-refractivity contribution in [2.45, 2.75) is 38.3 Å². The third-order valence-corrected chi connectivity index (χ3v) is 4.06. The van der Waals surface area contributed by atoms with E-state index in [2.05, 4.69) is 15.7 Å². The molecule has 1 aromatic heterocycles. The normalized spacial score (nSPS) is 14.9. The molecule has 1 atom stereocenters. The van der Waals surface area contributed by atoms with E-state index in [4.69, 9.17) is 0 Å². The summed E-state index contributed by atoms with van der Waals surface area (Å²) in [6, 6.07) is 11.1. The third kappa shape index (κ3) is 4.01. The van der Waals surface area contributed by atoms with Gasteiger partial charge in [0.25, 0.3) is 5.91 Å². The molecule has 1 aliphatic carbocycles. The van der Waals surface area contributed by atoms with Gasteiger partial charge in [-0.1, -0.05) is 30.3 Å². The van der Waals surface area contributed by atoms with Gasteiger partial charge in [0.05, 0.1) is 5.69 Å². The molecule has 1 heterocycles. The summed E-state index contributed by atoms with van der Waals surface area (Å²) in [6.07, 6.45) is 2.49. The number of nitrogens with zero attached hydrogens (tertiary/aromatic N) is 2. The van der Waals surface area contributed by atoms with Gasteiger partial charge in [0.2, 0.25) is 5.91 Å². The highest BCUT2D eigenvalue weighted by atomic mass is 16.2. The molecule has 0 spiro atoms.